The highest BCUT2D eigenvalue weighted by Gasteiger charge is 2.44. The van der Waals surface area contributed by atoms with Crippen LogP contribution in [0.15, 0.2) is 48.6 Å². The summed E-state index contributed by atoms with van der Waals surface area (Å²) in [6.45, 7) is 12.0. The predicted octanol–water partition coefficient (Wildman–Crippen LogP) is 4.44. The predicted molar refractivity (Wildman–Crippen MR) is 235 cm³/mol. The largest absolute Gasteiger partial charge is 0.493 e. The van der Waals surface area contributed by atoms with Crippen LogP contribution >= 0.6 is 19.8 Å². The molecule has 2 aromatic rings. The summed E-state index contributed by atoms with van der Waals surface area (Å²) in [5, 5.41) is 8.91. The minimum Gasteiger partial charge on any atom is -0.493 e. The lowest BCUT2D eigenvalue weighted by molar-refractivity contribution is -0.121. The summed E-state index contributed by atoms with van der Waals surface area (Å²) in [6.07, 6.45) is -1.03. The Hall–Kier alpha value is -4.15. The maximum absolute atomic E-state index is 14.7. The van der Waals surface area contributed by atoms with Crippen LogP contribution in [0.25, 0.3) is 0 Å². The fourth-order valence-electron chi connectivity index (χ4n) is 7.72. The van der Waals surface area contributed by atoms with Crippen molar-refractivity contribution in [3.05, 3.63) is 59.7 Å². The van der Waals surface area contributed by atoms with Gasteiger partial charge in [0.2, 0.25) is 5.91 Å². The third-order valence-corrected chi connectivity index (χ3v) is 14.6. The Labute approximate surface area is 370 Å². The van der Waals surface area contributed by atoms with Gasteiger partial charge < -0.3 is 49.3 Å². The second-order valence-electron chi connectivity index (χ2n) is 16.0. The summed E-state index contributed by atoms with van der Waals surface area (Å²) in [7, 11) is -0.542. The highest BCUT2D eigenvalue weighted by atomic mass is 32.2. The molecule has 4 aliphatic heterocycles. The minimum atomic E-state index is -3.34. The molecule has 6 rings (SSSR count). The number of amides is 3. The second kappa shape index (κ2) is 19.7. The van der Waals surface area contributed by atoms with Gasteiger partial charge in [-0.3, -0.25) is 23.5 Å². The van der Waals surface area contributed by atoms with Crippen molar-refractivity contribution in [1.29, 1.82) is 0 Å². The number of nitrogens with zero attached hydrogens (tertiary/aromatic N) is 2. The van der Waals surface area contributed by atoms with Crippen molar-refractivity contribution >= 4 is 71.6 Å². The molecule has 2 aromatic carbocycles. The number of carbonyl (C=O) groups excluding carboxylic acids is 3. The van der Waals surface area contributed by atoms with Gasteiger partial charge in [-0.05, 0) is 31.4 Å². The van der Waals surface area contributed by atoms with Gasteiger partial charge in [0.1, 0.15) is 7.14 Å². The molecular formula is C39H52N5O14PS3. The maximum atomic E-state index is 14.7. The number of hydrogen-bond donors (Lipinski definition) is 6. The molecule has 19 nitrogen and oxygen atoms in total. The van der Waals surface area contributed by atoms with E-state index in [0.717, 1.165) is 11.1 Å². The standard InChI is InChI=1S/C39H52N5O14PS3/c1-22-13-28-35(57-61(49)50)41-26-17-32(30(53-5)15-24(26)37(46)43(28)19-22)55-9-11-59(48,21-40-34(45)7-8-39(3,4)60)12-10-56-33-18-27-25(16-31(33)54-6)38(47)44-20-23(2)14-29(44)36(42-27)58-62(51)52/h15-18,28-29,35-36,41-42,60H,1-2,7-14,19-21H2,3-6H3,(H,40,45)(H,49,50)(H,51,52)/t28-,29+,35?,36?,59?. The molecule has 2 saturated heterocycles. The number of hydrogen-bond acceptors (Lipinski definition) is 15. The third kappa shape index (κ3) is 11.3. The normalized spacial score (nSPS) is 22.7. The van der Waals surface area contributed by atoms with E-state index in [4.69, 9.17) is 27.3 Å². The number of rotatable bonds is 19. The van der Waals surface area contributed by atoms with Crippen LogP contribution in [-0.2, 0) is 40.4 Å². The summed E-state index contributed by atoms with van der Waals surface area (Å²) in [6, 6.07) is 4.77. The average molecular weight is 942 g/mol. The van der Waals surface area contributed by atoms with Crippen LogP contribution in [0.1, 0.15) is 60.2 Å². The van der Waals surface area contributed by atoms with Crippen LogP contribution in [0.3, 0.4) is 0 Å². The van der Waals surface area contributed by atoms with Crippen LogP contribution in [0.4, 0.5) is 11.4 Å². The molecule has 3 amide bonds. The molecule has 2 fully saturated rings. The molecule has 62 heavy (non-hydrogen) atoms. The van der Waals surface area contributed by atoms with Crippen LogP contribution in [0, 0.1) is 0 Å². The number of carbonyl (C=O) groups is 3. The topological polar surface area (TPSA) is 241 Å². The van der Waals surface area contributed by atoms with E-state index in [0.29, 0.717) is 19.3 Å². The molecule has 0 aliphatic carbocycles. The Morgan fingerprint density at radius 3 is 1.66 bits per heavy atom. The molecule has 4 aliphatic rings. The lowest BCUT2D eigenvalue weighted by atomic mass is 10.1. The van der Waals surface area contributed by atoms with Crippen molar-refractivity contribution in [2.75, 3.05) is 69.8 Å². The Morgan fingerprint density at radius 1 is 0.839 bits per heavy atom. The second-order valence-corrected chi connectivity index (χ2v) is 21.8. The van der Waals surface area contributed by atoms with Gasteiger partial charge in [0.25, 0.3) is 11.8 Å². The zero-order valence-corrected chi connectivity index (χ0v) is 38.1. The van der Waals surface area contributed by atoms with E-state index in [1.165, 1.54) is 48.3 Å². The molecule has 4 heterocycles. The number of anilines is 2. The number of nitrogens with one attached hydrogen (secondary N) is 3. The first-order chi connectivity index (χ1) is 29.3. The minimum absolute atomic E-state index is 0.0360. The number of thiol groups is 1. The van der Waals surface area contributed by atoms with Crippen molar-refractivity contribution in [3.8, 4) is 23.0 Å². The van der Waals surface area contributed by atoms with E-state index < -0.39 is 59.2 Å². The molecule has 7 atom stereocenters. The number of ether oxygens (including phenoxy) is 4. The average Bonchev–Trinajstić information content (AvgIpc) is 3.75. The van der Waals surface area contributed by atoms with Gasteiger partial charge in [-0.2, -0.15) is 21.0 Å². The molecule has 0 radical (unpaired) electrons. The quantitative estimate of drug-likeness (QED) is 0.0494. The zero-order valence-electron chi connectivity index (χ0n) is 34.7. The van der Waals surface area contributed by atoms with E-state index in [2.05, 4.69) is 41.7 Å². The summed E-state index contributed by atoms with van der Waals surface area (Å²) in [5.74, 6) is -0.290. The smallest absolute Gasteiger partial charge is 0.304 e. The lowest BCUT2D eigenvalue weighted by Crippen LogP contribution is -2.45. The maximum Gasteiger partial charge on any atom is 0.304 e. The van der Waals surface area contributed by atoms with Crippen molar-refractivity contribution in [1.82, 2.24) is 15.1 Å². The molecule has 340 valence electrons. The van der Waals surface area contributed by atoms with Gasteiger partial charge in [-0.1, -0.05) is 38.2 Å². The van der Waals surface area contributed by atoms with Crippen LogP contribution in [0.2, 0.25) is 0 Å². The summed E-state index contributed by atoms with van der Waals surface area (Å²) in [4.78, 5) is 43.4. The van der Waals surface area contributed by atoms with E-state index in [1.54, 1.807) is 0 Å². The Bertz CT molecular complexity index is 2070. The first-order valence-electron chi connectivity index (χ1n) is 19.6. The van der Waals surface area contributed by atoms with Crippen molar-refractivity contribution < 1.29 is 63.8 Å². The number of benzene rings is 2. The molecule has 5 N–H and O–H groups in total. The summed E-state index contributed by atoms with van der Waals surface area (Å²) in [5.41, 5.74) is 2.46. The van der Waals surface area contributed by atoms with Crippen LogP contribution in [-0.4, -0.2) is 133 Å². The Kier molecular flexibility index (Phi) is 15.0. The zero-order chi connectivity index (χ0) is 45.1. The Balaban J connectivity index is 1.20. The summed E-state index contributed by atoms with van der Waals surface area (Å²) >= 11 is -0.811. The molecular weight excluding hydrogens is 890 g/mol. The van der Waals surface area contributed by atoms with E-state index in [9.17, 15) is 36.5 Å². The first kappa shape index (κ1) is 47.3. The van der Waals surface area contributed by atoms with Gasteiger partial charge in [0.15, 0.2) is 35.5 Å². The van der Waals surface area contributed by atoms with Gasteiger partial charge in [0.05, 0.1) is 68.3 Å². The van der Waals surface area contributed by atoms with Crippen molar-refractivity contribution in [3.63, 3.8) is 0 Å². The van der Waals surface area contributed by atoms with Gasteiger partial charge in [-0.15, -0.1) is 0 Å². The third-order valence-electron chi connectivity index (χ3n) is 10.9. The van der Waals surface area contributed by atoms with Crippen molar-refractivity contribution in [2.24, 2.45) is 0 Å². The molecule has 0 bridgehead atoms. The molecule has 0 aromatic heterocycles. The molecule has 5 unspecified atom stereocenters. The first-order valence-corrected chi connectivity index (χ1v) is 24.4. The number of methoxy groups -OCH3 is 2. The Morgan fingerprint density at radius 2 is 1.27 bits per heavy atom. The fourth-order valence-corrected chi connectivity index (χ4v) is 10.4. The SMILES string of the molecule is C=C1C[C@@H]2C(OS(=O)O)Nc3cc(OCCP(=O)(CCOc4cc5c(cc4OC)C(=O)N4CC(=C)C[C@H]4C(OS(=O)O)N5)CNC(=O)CCC(C)(C)S)c(OC)cc3C(=O)N2C1. The molecule has 23 heteroatoms. The molecule has 0 spiro atoms. The van der Waals surface area contributed by atoms with Crippen LogP contribution in [0.5, 0.6) is 23.0 Å². The fraction of sp³-hybridized carbons (Fsp3) is 0.513. The number of fused-ring (bicyclic) bond motifs is 4. The van der Waals surface area contributed by atoms with Crippen LogP contribution < -0.4 is 34.9 Å². The highest BCUT2D eigenvalue weighted by Crippen LogP contribution is 2.46. The van der Waals surface area contributed by atoms with Gasteiger partial charge in [-0.25, -0.2) is 8.37 Å². The van der Waals surface area contributed by atoms with E-state index in [-0.39, 0.29) is 115 Å². The van der Waals surface area contributed by atoms with E-state index in [1.807, 2.05) is 13.8 Å². The summed E-state index contributed by atoms with van der Waals surface area (Å²) < 4.78 is 90.9. The van der Waals surface area contributed by atoms with Gasteiger partial charge >= 0.3 is 22.7 Å². The van der Waals surface area contributed by atoms with Crippen molar-refractivity contribution in [2.45, 2.75) is 68.8 Å². The molecule has 0 saturated carbocycles. The highest BCUT2D eigenvalue weighted by molar-refractivity contribution is 7.81. The lowest BCUT2D eigenvalue weighted by Gasteiger charge is -2.27. The van der Waals surface area contributed by atoms with E-state index >= 15 is 0 Å². The van der Waals surface area contributed by atoms with Gasteiger partial charge in [0, 0.05) is 48.7 Å². The monoisotopic (exact) mass is 941 g/mol.